The van der Waals surface area contributed by atoms with Crippen molar-refractivity contribution >= 4 is 17.3 Å². The van der Waals surface area contributed by atoms with Crippen LogP contribution in [0.5, 0.6) is 11.5 Å². The second-order valence-corrected chi connectivity index (χ2v) is 7.01. The lowest BCUT2D eigenvalue weighted by Crippen LogP contribution is -3.13. The van der Waals surface area contributed by atoms with Crippen molar-refractivity contribution in [3.63, 3.8) is 0 Å². The van der Waals surface area contributed by atoms with Gasteiger partial charge in [-0.15, -0.1) is 0 Å². The molecule has 1 heterocycles. The van der Waals surface area contributed by atoms with Crippen LogP contribution in [0.2, 0.25) is 0 Å². The number of fused-ring (bicyclic) bond motifs is 1. The van der Waals surface area contributed by atoms with Gasteiger partial charge in [0.15, 0.2) is 16.6 Å². The molecule has 0 spiro atoms. The third-order valence-corrected chi connectivity index (χ3v) is 5.32. The van der Waals surface area contributed by atoms with Crippen molar-refractivity contribution in [3.05, 3.63) is 23.3 Å². The first kappa shape index (κ1) is 17.3. The number of thiocarbonyl (C=S) groups is 1. The molecule has 24 heavy (non-hydrogen) atoms. The number of nitrogens with one attached hydrogen (secondary N) is 3. The van der Waals surface area contributed by atoms with Gasteiger partial charge in [0.05, 0.1) is 33.9 Å². The Hall–Kier alpha value is -1.53. The third kappa shape index (κ3) is 3.75. The number of hydrogen-bond donors (Lipinski definition) is 3. The van der Waals surface area contributed by atoms with Crippen molar-refractivity contribution in [2.24, 2.45) is 0 Å². The Morgan fingerprint density at radius 3 is 2.58 bits per heavy atom. The van der Waals surface area contributed by atoms with Crippen LogP contribution >= 0.6 is 12.2 Å². The van der Waals surface area contributed by atoms with Crippen LogP contribution in [-0.4, -0.2) is 45.0 Å². The molecule has 1 aliphatic carbocycles. The molecule has 1 unspecified atom stereocenters. The van der Waals surface area contributed by atoms with Gasteiger partial charge in [-0.3, -0.25) is 0 Å². The zero-order valence-corrected chi connectivity index (χ0v) is 15.6. The minimum absolute atomic E-state index is 0.373. The van der Waals surface area contributed by atoms with E-state index in [0.29, 0.717) is 12.1 Å². The minimum Gasteiger partial charge on any atom is -0.493 e. The van der Waals surface area contributed by atoms with Gasteiger partial charge in [-0.25, -0.2) is 0 Å². The normalized spacial score (nSPS) is 22.5. The quantitative estimate of drug-likeness (QED) is 0.664. The lowest BCUT2D eigenvalue weighted by Gasteiger charge is -2.34. The average molecular weight is 351 g/mol. The fourth-order valence-electron chi connectivity index (χ4n) is 3.50. The molecule has 1 aromatic carbocycles. The summed E-state index contributed by atoms with van der Waals surface area (Å²) in [6, 6.07) is 5.24. The maximum Gasteiger partial charge on any atom is 0.166 e. The van der Waals surface area contributed by atoms with Crippen molar-refractivity contribution in [1.29, 1.82) is 0 Å². The molecular formula is C18H28N3O2S+. The molecule has 132 valence electrons. The molecule has 0 radical (unpaired) electrons. The summed E-state index contributed by atoms with van der Waals surface area (Å²) in [6.07, 6.45) is 3.54. The third-order valence-electron chi connectivity index (χ3n) is 5.06. The Kier molecular flexibility index (Phi) is 5.46. The number of likely N-dealkylation sites (N-methyl/N-ethyl adjacent to an activating group) is 1. The van der Waals surface area contributed by atoms with Gasteiger partial charge in [-0.05, 0) is 49.7 Å². The van der Waals surface area contributed by atoms with Gasteiger partial charge < -0.3 is 25.0 Å². The van der Waals surface area contributed by atoms with Crippen molar-refractivity contribution in [2.45, 2.75) is 38.3 Å². The Morgan fingerprint density at radius 1 is 1.25 bits per heavy atom. The predicted octanol–water partition coefficient (Wildman–Crippen LogP) is 0.832. The highest BCUT2D eigenvalue weighted by Gasteiger charge is 2.32. The Balaban J connectivity index is 1.79. The molecule has 1 saturated carbocycles. The van der Waals surface area contributed by atoms with Crippen LogP contribution in [0.25, 0.3) is 0 Å². The highest BCUT2D eigenvalue weighted by Crippen LogP contribution is 2.33. The summed E-state index contributed by atoms with van der Waals surface area (Å²) in [6.45, 7) is 5.32. The zero-order valence-electron chi connectivity index (χ0n) is 14.8. The number of hydrogen-bond acceptors (Lipinski definition) is 3. The van der Waals surface area contributed by atoms with E-state index in [9.17, 15) is 0 Å². The van der Waals surface area contributed by atoms with Gasteiger partial charge in [0.25, 0.3) is 0 Å². The molecule has 0 bridgehead atoms. The first-order valence-corrected chi connectivity index (χ1v) is 9.20. The fraction of sp³-hybridized carbons (Fsp3) is 0.611. The summed E-state index contributed by atoms with van der Waals surface area (Å²) in [7, 11) is 3.39. The molecule has 1 fully saturated rings. The summed E-state index contributed by atoms with van der Waals surface area (Å²) in [4.78, 5) is 1.58. The van der Waals surface area contributed by atoms with Crippen molar-refractivity contribution < 1.29 is 14.4 Å². The molecule has 2 aliphatic rings. The van der Waals surface area contributed by atoms with Crippen LogP contribution in [0, 0.1) is 0 Å². The predicted molar refractivity (Wildman–Crippen MR) is 99.1 cm³/mol. The van der Waals surface area contributed by atoms with E-state index in [1.807, 2.05) is 0 Å². The molecule has 2 atom stereocenters. The number of benzene rings is 1. The molecule has 0 saturated heterocycles. The van der Waals surface area contributed by atoms with Crippen LogP contribution in [0.15, 0.2) is 12.1 Å². The Bertz CT molecular complexity index is 604. The molecule has 3 rings (SSSR count). The number of rotatable bonds is 6. The minimum atomic E-state index is 0.373. The van der Waals surface area contributed by atoms with E-state index in [2.05, 4.69) is 29.7 Å². The number of methoxy groups -OCH3 is 2. The molecule has 3 N–H and O–H groups in total. The molecule has 1 aliphatic heterocycles. The maximum atomic E-state index is 5.51. The van der Waals surface area contributed by atoms with Crippen molar-refractivity contribution in [1.82, 2.24) is 10.6 Å². The second-order valence-electron chi connectivity index (χ2n) is 6.60. The smallest absolute Gasteiger partial charge is 0.166 e. The van der Waals surface area contributed by atoms with Gasteiger partial charge in [0.2, 0.25) is 0 Å². The largest absolute Gasteiger partial charge is 0.493 e. The van der Waals surface area contributed by atoms with Gasteiger partial charge in [0.1, 0.15) is 6.04 Å². The van der Waals surface area contributed by atoms with E-state index in [1.54, 1.807) is 19.1 Å². The van der Waals surface area contributed by atoms with Gasteiger partial charge in [0, 0.05) is 18.0 Å². The van der Waals surface area contributed by atoms with Crippen LogP contribution in [0.1, 0.15) is 36.9 Å². The van der Waals surface area contributed by atoms with E-state index in [0.717, 1.165) is 42.7 Å². The topological polar surface area (TPSA) is 47.0 Å². The molecule has 5 nitrogen and oxygen atoms in total. The molecule has 1 aromatic rings. The van der Waals surface area contributed by atoms with Crippen LogP contribution in [0.3, 0.4) is 0 Å². The van der Waals surface area contributed by atoms with E-state index < -0.39 is 0 Å². The van der Waals surface area contributed by atoms with Crippen molar-refractivity contribution in [2.75, 3.05) is 33.9 Å². The van der Waals surface area contributed by atoms with Gasteiger partial charge >= 0.3 is 0 Å². The fourth-order valence-corrected chi connectivity index (χ4v) is 3.75. The van der Waals surface area contributed by atoms with E-state index in [1.165, 1.54) is 24.0 Å². The van der Waals surface area contributed by atoms with Crippen LogP contribution in [-0.2, 0) is 6.42 Å². The summed E-state index contributed by atoms with van der Waals surface area (Å²) in [5.41, 5.74) is 2.70. The first-order valence-electron chi connectivity index (χ1n) is 8.80. The molecular weight excluding hydrogens is 322 g/mol. The first-order chi connectivity index (χ1) is 11.7. The SMILES string of the molecule is CC[NH+]1CCc2cc(OC)c(OC)cc2[C@@H]1CNC(=S)NC1CC1. The summed E-state index contributed by atoms with van der Waals surface area (Å²) in [5.74, 6) is 1.62. The Morgan fingerprint density at radius 2 is 1.96 bits per heavy atom. The molecule has 0 amide bonds. The standard InChI is InChI=1S/C18H27N3O2S/c1-4-21-8-7-12-9-16(22-2)17(23-3)10-14(12)15(21)11-19-18(24)20-13-5-6-13/h9-10,13,15H,4-8,11H2,1-3H3,(H2,19,20,24)/p+1/t15-/m0/s1. The number of quaternary nitrogens is 1. The zero-order chi connectivity index (χ0) is 17.1. The van der Waals surface area contributed by atoms with Gasteiger partial charge in [-0.2, -0.15) is 0 Å². The summed E-state index contributed by atoms with van der Waals surface area (Å²) >= 11 is 5.42. The Labute approximate surface area is 149 Å². The van der Waals surface area contributed by atoms with Crippen LogP contribution in [0.4, 0.5) is 0 Å². The van der Waals surface area contributed by atoms with E-state index in [-0.39, 0.29) is 0 Å². The highest BCUT2D eigenvalue weighted by molar-refractivity contribution is 7.80. The summed E-state index contributed by atoms with van der Waals surface area (Å²) in [5, 5.41) is 7.56. The molecule has 0 aromatic heterocycles. The summed E-state index contributed by atoms with van der Waals surface area (Å²) < 4.78 is 11.0. The molecule has 6 heteroatoms. The lowest BCUT2D eigenvalue weighted by atomic mass is 9.91. The average Bonchev–Trinajstić information content (AvgIpc) is 3.41. The maximum absolute atomic E-state index is 5.51. The van der Waals surface area contributed by atoms with Crippen LogP contribution < -0.4 is 25.0 Å². The highest BCUT2D eigenvalue weighted by atomic mass is 32.1. The second kappa shape index (κ2) is 7.57. The monoisotopic (exact) mass is 350 g/mol. The van der Waals surface area contributed by atoms with E-state index >= 15 is 0 Å². The van der Waals surface area contributed by atoms with E-state index in [4.69, 9.17) is 21.7 Å². The lowest BCUT2D eigenvalue weighted by molar-refractivity contribution is -0.930. The van der Waals surface area contributed by atoms with Crippen molar-refractivity contribution in [3.8, 4) is 11.5 Å². The van der Waals surface area contributed by atoms with Gasteiger partial charge in [-0.1, -0.05) is 0 Å². The number of ether oxygens (including phenoxy) is 2.